The van der Waals surface area contributed by atoms with E-state index in [1.165, 1.54) is 0 Å². The number of likely N-dealkylation sites (tertiary alicyclic amines) is 1. The Labute approximate surface area is 139 Å². The lowest BCUT2D eigenvalue weighted by molar-refractivity contribution is -0.143. The van der Waals surface area contributed by atoms with Crippen molar-refractivity contribution in [3.63, 3.8) is 0 Å². The van der Waals surface area contributed by atoms with Crippen molar-refractivity contribution in [1.29, 1.82) is 0 Å². The van der Waals surface area contributed by atoms with E-state index in [0.29, 0.717) is 31.7 Å². The van der Waals surface area contributed by atoms with E-state index >= 15 is 0 Å². The van der Waals surface area contributed by atoms with Crippen LogP contribution in [0, 0.1) is 5.92 Å². The molecule has 1 saturated heterocycles. The van der Waals surface area contributed by atoms with Gasteiger partial charge in [0.2, 0.25) is 0 Å². The minimum absolute atomic E-state index is 0.238. The number of hydrogen-bond donors (Lipinski definition) is 2. The van der Waals surface area contributed by atoms with E-state index in [1.807, 2.05) is 18.2 Å². The number of carbonyl (C=O) groups is 2. The summed E-state index contributed by atoms with van der Waals surface area (Å²) in [6.07, 6.45) is 6.47. The first-order valence-corrected chi connectivity index (χ1v) is 7.84. The lowest BCUT2D eigenvalue weighted by atomic mass is 9.99. The number of amides is 2. The molecule has 2 N–H and O–H groups in total. The molecule has 2 aromatic rings. The molecule has 0 aromatic carbocycles. The van der Waals surface area contributed by atoms with Crippen LogP contribution in [-0.2, 0) is 11.3 Å². The highest BCUT2D eigenvalue weighted by atomic mass is 16.4. The quantitative estimate of drug-likeness (QED) is 0.880. The number of nitrogens with one attached hydrogen (secondary N) is 1. The molecule has 0 radical (unpaired) electrons. The summed E-state index contributed by atoms with van der Waals surface area (Å²) in [4.78, 5) is 29.1. The Morgan fingerprint density at radius 3 is 3.00 bits per heavy atom. The molecule has 3 heterocycles. The minimum Gasteiger partial charge on any atom is -0.481 e. The number of aliphatic carboxylic acids is 1. The second-order valence-electron chi connectivity index (χ2n) is 5.76. The van der Waals surface area contributed by atoms with E-state index in [0.717, 1.165) is 5.56 Å². The normalized spacial score (nSPS) is 17.5. The van der Waals surface area contributed by atoms with Gasteiger partial charge in [0.05, 0.1) is 5.92 Å². The van der Waals surface area contributed by atoms with E-state index in [4.69, 9.17) is 5.11 Å². The number of nitrogens with zero attached hydrogens (tertiary/aromatic N) is 4. The van der Waals surface area contributed by atoms with Crippen molar-refractivity contribution < 1.29 is 14.7 Å². The number of carboxylic acids is 1. The maximum absolute atomic E-state index is 12.2. The number of hydrogen-bond acceptors (Lipinski definition) is 4. The lowest BCUT2D eigenvalue weighted by Crippen LogP contribution is -2.46. The van der Waals surface area contributed by atoms with Crippen LogP contribution >= 0.6 is 0 Å². The number of aromatic nitrogens is 3. The van der Waals surface area contributed by atoms with Crippen molar-refractivity contribution in [2.45, 2.75) is 19.4 Å². The average Bonchev–Trinajstić information content (AvgIpc) is 3.15. The number of carbonyl (C=O) groups excluding carboxylic acids is 1. The molecule has 24 heavy (non-hydrogen) atoms. The van der Waals surface area contributed by atoms with Gasteiger partial charge in [0, 0.05) is 38.2 Å². The molecule has 2 amide bonds. The summed E-state index contributed by atoms with van der Waals surface area (Å²) in [6, 6.07) is 5.25. The molecule has 126 valence electrons. The molecule has 0 aliphatic carbocycles. The number of piperidine rings is 1. The molecule has 1 aliphatic rings. The first-order valence-electron chi connectivity index (χ1n) is 7.84. The molecular formula is C16H19N5O3. The molecule has 3 rings (SSSR count). The highest BCUT2D eigenvalue weighted by molar-refractivity contribution is 5.76. The Hall–Kier alpha value is -2.90. The topological polar surface area (TPSA) is 100 Å². The summed E-state index contributed by atoms with van der Waals surface area (Å²) in [6.45, 7) is 1.20. The summed E-state index contributed by atoms with van der Waals surface area (Å²) >= 11 is 0. The Kier molecular flexibility index (Phi) is 4.74. The van der Waals surface area contributed by atoms with Gasteiger partial charge in [0.1, 0.15) is 0 Å². The second-order valence-corrected chi connectivity index (χ2v) is 5.76. The van der Waals surface area contributed by atoms with Gasteiger partial charge >= 0.3 is 12.0 Å². The molecule has 0 spiro atoms. The maximum atomic E-state index is 12.2. The Morgan fingerprint density at radius 1 is 1.38 bits per heavy atom. The summed E-state index contributed by atoms with van der Waals surface area (Å²) in [5, 5.41) is 16.1. The van der Waals surface area contributed by atoms with Crippen molar-refractivity contribution in [2.75, 3.05) is 13.1 Å². The Bertz CT molecular complexity index is 716. The van der Waals surface area contributed by atoms with Gasteiger partial charge in [-0.1, -0.05) is 0 Å². The smallest absolute Gasteiger partial charge is 0.317 e. The molecule has 1 aliphatic heterocycles. The van der Waals surface area contributed by atoms with Crippen LogP contribution in [0.1, 0.15) is 18.4 Å². The molecule has 2 aromatic heterocycles. The third-order valence-electron chi connectivity index (χ3n) is 4.05. The second kappa shape index (κ2) is 7.12. The largest absolute Gasteiger partial charge is 0.481 e. The van der Waals surface area contributed by atoms with E-state index in [1.54, 1.807) is 28.2 Å². The number of urea groups is 1. The zero-order chi connectivity index (χ0) is 16.9. The molecule has 0 bridgehead atoms. The van der Waals surface area contributed by atoms with Crippen molar-refractivity contribution in [3.05, 3.63) is 42.4 Å². The fourth-order valence-electron chi connectivity index (χ4n) is 2.75. The summed E-state index contributed by atoms with van der Waals surface area (Å²) in [5.74, 6) is -0.641. The highest BCUT2D eigenvalue weighted by Crippen LogP contribution is 2.16. The minimum atomic E-state index is -0.842. The van der Waals surface area contributed by atoms with E-state index in [9.17, 15) is 9.59 Å². The lowest BCUT2D eigenvalue weighted by Gasteiger charge is -2.30. The molecular weight excluding hydrogens is 310 g/mol. The van der Waals surface area contributed by atoms with E-state index < -0.39 is 11.9 Å². The molecule has 1 fully saturated rings. The summed E-state index contributed by atoms with van der Waals surface area (Å²) in [5.41, 5.74) is 0.899. The van der Waals surface area contributed by atoms with Gasteiger partial charge in [0.25, 0.3) is 0 Å². The average molecular weight is 329 g/mol. The van der Waals surface area contributed by atoms with Crippen molar-refractivity contribution in [3.8, 4) is 5.82 Å². The Balaban J connectivity index is 1.58. The molecule has 8 nitrogen and oxygen atoms in total. The summed E-state index contributed by atoms with van der Waals surface area (Å²) in [7, 11) is 0. The van der Waals surface area contributed by atoms with Gasteiger partial charge < -0.3 is 15.3 Å². The van der Waals surface area contributed by atoms with Gasteiger partial charge in [-0.3, -0.25) is 4.79 Å². The highest BCUT2D eigenvalue weighted by Gasteiger charge is 2.27. The van der Waals surface area contributed by atoms with Crippen LogP contribution in [0.2, 0.25) is 0 Å². The molecule has 8 heteroatoms. The predicted octanol–water partition coefficient (Wildman–Crippen LogP) is 1.27. The first kappa shape index (κ1) is 16.0. The van der Waals surface area contributed by atoms with Crippen LogP contribution in [0.25, 0.3) is 5.82 Å². The van der Waals surface area contributed by atoms with E-state index in [2.05, 4.69) is 15.4 Å². The zero-order valence-corrected chi connectivity index (χ0v) is 13.1. The van der Waals surface area contributed by atoms with Gasteiger partial charge in [-0.25, -0.2) is 14.5 Å². The van der Waals surface area contributed by atoms with Crippen LogP contribution in [0.4, 0.5) is 4.79 Å². The van der Waals surface area contributed by atoms with Crippen molar-refractivity contribution in [2.24, 2.45) is 5.92 Å². The number of rotatable bonds is 4. The van der Waals surface area contributed by atoms with Gasteiger partial charge in [-0.05, 0) is 36.6 Å². The van der Waals surface area contributed by atoms with Gasteiger partial charge in [0.15, 0.2) is 5.82 Å². The third-order valence-corrected chi connectivity index (χ3v) is 4.05. The molecule has 0 saturated carbocycles. The Morgan fingerprint density at radius 2 is 2.25 bits per heavy atom. The third kappa shape index (κ3) is 3.70. The standard InChI is InChI=1S/C16H19N5O3/c22-15(23)13-3-1-7-20(11-13)16(24)18-10-12-4-6-17-14(9-12)21-8-2-5-19-21/h2,4-6,8-9,13H,1,3,7,10-11H2,(H,18,24)(H,22,23). The van der Waals surface area contributed by atoms with Crippen molar-refractivity contribution in [1.82, 2.24) is 25.0 Å². The van der Waals surface area contributed by atoms with Crippen LogP contribution in [0.3, 0.4) is 0 Å². The van der Waals surface area contributed by atoms with Crippen LogP contribution in [0.5, 0.6) is 0 Å². The fraction of sp³-hybridized carbons (Fsp3) is 0.375. The van der Waals surface area contributed by atoms with Gasteiger partial charge in [-0.2, -0.15) is 5.10 Å². The van der Waals surface area contributed by atoms with E-state index in [-0.39, 0.29) is 12.6 Å². The number of carboxylic acid groups (broad SMARTS) is 1. The fourth-order valence-corrected chi connectivity index (χ4v) is 2.75. The number of pyridine rings is 1. The van der Waals surface area contributed by atoms with Crippen molar-refractivity contribution >= 4 is 12.0 Å². The van der Waals surface area contributed by atoms with Gasteiger partial charge in [-0.15, -0.1) is 0 Å². The molecule has 1 atom stereocenters. The first-order chi connectivity index (χ1) is 11.6. The zero-order valence-electron chi connectivity index (χ0n) is 13.1. The maximum Gasteiger partial charge on any atom is 0.317 e. The SMILES string of the molecule is O=C(O)C1CCCN(C(=O)NCc2ccnc(-n3cccn3)c2)C1. The van der Waals surface area contributed by atoms with Crippen LogP contribution in [0.15, 0.2) is 36.8 Å². The van der Waals surface area contributed by atoms with Crippen LogP contribution < -0.4 is 5.32 Å². The monoisotopic (exact) mass is 329 g/mol. The molecule has 1 unspecified atom stereocenters. The summed E-state index contributed by atoms with van der Waals surface area (Å²) < 4.78 is 1.65. The predicted molar refractivity (Wildman–Crippen MR) is 85.5 cm³/mol. The van der Waals surface area contributed by atoms with Crippen LogP contribution in [-0.4, -0.2) is 49.9 Å².